The van der Waals surface area contributed by atoms with Crippen molar-refractivity contribution < 1.29 is 5.11 Å². The molecule has 0 aliphatic heterocycles. The van der Waals surface area contributed by atoms with Crippen LogP contribution >= 0.6 is 15.9 Å². The third kappa shape index (κ3) is 2.37. The normalized spacial score (nSPS) is 18.1. The molecule has 1 aliphatic rings. The van der Waals surface area contributed by atoms with Crippen LogP contribution in [0.5, 0.6) is 0 Å². The summed E-state index contributed by atoms with van der Waals surface area (Å²) >= 11 is 3.42. The van der Waals surface area contributed by atoms with Crippen molar-refractivity contribution in [2.24, 2.45) is 5.41 Å². The molecule has 2 rings (SSSR count). The fourth-order valence-electron chi connectivity index (χ4n) is 1.72. The molecule has 0 amide bonds. The van der Waals surface area contributed by atoms with E-state index < -0.39 is 0 Å². The van der Waals surface area contributed by atoms with Crippen LogP contribution in [-0.4, -0.2) is 11.7 Å². The molecule has 0 saturated heterocycles. The maximum absolute atomic E-state index is 9.17. The van der Waals surface area contributed by atoms with Crippen LogP contribution in [-0.2, 0) is 6.42 Å². The lowest BCUT2D eigenvalue weighted by molar-refractivity contribution is 0.203. The van der Waals surface area contributed by atoms with Gasteiger partial charge in [0, 0.05) is 11.1 Å². The van der Waals surface area contributed by atoms with E-state index in [9.17, 15) is 5.11 Å². The molecular formula is C12H15BrO. The Hall–Kier alpha value is -0.340. The molecule has 1 nitrogen and oxygen atoms in total. The Labute approximate surface area is 93.3 Å². The molecule has 1 aromatic rings. The zero-order valence-electron chi connectivity index (χ0n) is 8.17. The van der Waals surface area contributed by atoms with E-state index in [2.05, 4.69) is 40.2 Å². The monoisotopic (exact) mass is 254 g/mol. The molecule has 14 heavy (non-hydrogen) atoms. The molecule has 0 spiro atoms. The number of hydrogen-bond donors (Lipinski definition) is 1. The van der Waals surface area contributed by atoms with E-state index >= 15 is 0 Å². The zero-order chi connectivity index (χ0) is 10.0. The van der Waals surface area contributed by atoms with Crippen LogP contribution in [0.4, 0.5) is 0 Å². The van der Waals surface area contributed by atoms with Crippen molar-refractivity contribution in [3.05, 3.63) is 34.3 Å². The van der Waals surface area contributed by atoms with Gasteiger partial charge in [-0.25, -0.2) is 0 Å². The number of aliphatic hydroxyl groups is 1. The van der Waals surface area contributed by atoms with Gasteiger partial charge in [-0.1, -0.05) is 28.1 Å². The van der Waals surface area contributed by atoms with E-state index in [0.29, 0.717) is 6.61 Å². The van der Waals surface area contributed by atoms with E-state index in [-0.39, 0.29) is 5.41 Å². The summed E-state index contributed by atoms with van der Waals surface area (Å²) in [5.41, 5.74) is 1.65. The summed E-state index contributed by atoms with van der Waals surface area (Å²) in [6, 6.07) is 8.46. The van der Waals surface area contributed by atoms with Crippen LogP contribution in [0.15, 0.2) is 28.7 Å². The standard InChI is InChI=1S/C12H15BrO/c13-11-3-1-10(2-4-11)5-6-12(9-14)7-8-12/h1-4,14H,5-9H2. The highest BCUT2D eigenvalue weighted by Gasteiger charge is 2.40. The molecule has 0 atom stereocenters. The highest BCUT2D eigenvalue weighted by atomic mass is 79.9. The van der Waals surface area contributed by atoms with Gasteiger partial charge in [-0.15, -0.1) is 0 Å². The van der Waals surface area contributed by atoms with Crippen molar-refractivity contribution >= 4 is 15.9 Å². The highest BCUT2D eigenvalue weighted by molar-refractivity contribution is 9.10. The lowest BCUT2D eigenvalue weighted by Crippen LogP contribution is -2.07. The molecular weight excluding hydrogens is 240 g/mol. The maximum Gasteiger partial charge on any atom is 0.0487 e. The number of aryl methyl sites for hydroxylation is 1. The Kier molecular flexibility index (Phi) is 2.93. The van der Waals surface area contributed by atoms with Crippen molar-refractivity contribution in [2.45, 2.75) is 25.7 Å². The molecule has 1 saturated carbocycles. The maximum atomic E-state index is 9.17. The van der Waals surface area contributed by atoms with Gasteiger partial charge in [0.1, 0.15) is 0 Å². The Morgan fingerprint density at radius 3 is 2.36 bits per heavy atom. The summed E-state index contributed by atoms with van der Waals surface area (Å²) in [6.45, 7) is 0.365. The summed E-state index contributed by atoms with van der Waals surface area (Å²) in [4.78, 5) is 0. The number of rotatable bonds is 4. The summed E-state index contributed by atoms with van der Waals surface area (Å²) in [6.07, 6.45) is 4.64. The van der Waals surface area contributed by atoms with Crippen molar-refractivity contribution in [3.63, 3.8) is 0 Å². The molecule has 1 aromatic carbocycles. The van der Waals surface area contributed by atoms with Gasteiger partial charge in [0.25, 0.3) is 0 Å². The van der Waals surface area contributed by atoms with Crippen LogP contribution in [0.25, 0.3) is 0 Å². The summed E-state index contributed by atoms with van der Waals surface area (Å²) < 4.78 is 1.13. The Morgan fingerprint density at radius 2 is 1.86 bits per heavy atom. The molecule has 2 heteroatoms. The molecule has 76 valence electrons. The minimum atomic E-state index is 0.285. The van der Waals surface area contributed by atoms with Gasteiger partial charge < -0.3 is 5.11 Å². The largest absolute Gasteiger partial charge is 0.396 e. The van der Waals surface area contributed by atoms with Gasteiger partial charge in [0.15, 0.2) is 0 Å². The van der Waals surface area contributed by atoms with Crippen molar-refractivity contribution in [1.82, 2.24) is 0 Å². The van der Waals surface area contributed by atoms with Crippen molar-refractivity contribution in [2.75, 3.05) is 6.61 Å². The lowest BCUT2D eigenvalue weighted by atomic mass is 9.98. The molecule has 0 bridgehead atoms. The Balaban J connectivity index is 1.89. The number of aliphatic hydroxyl groups excluding tert-OH is 1. The second kappa shape index (κ2) is 4.03. The summed E-state index contributed by atoms with van der Waals surface area (Å²) in [5.74, 6) is 0. The van der Waals surface area contributed by atoms with Gasteiger partial charge in [-0.3, -0.25) is 0 Å². The zero-order valence-corrected chi connectivity index (χ0v) is 9.76. The van der Waals surface area contributed by atoms with E-state index in [1.165, 1.54) is 18.4 Å². The Morgan fingerprint density at radius 1 is 1.21 bits per heavy atom. The van der Waals surface area contributed by atoms with Crippen LogP contribution in [0.3, 0.4) is 0 Å². The van der Waals surface area contributed by atoms with E-state index in [1.807, 2.05) is 0 Å². The lowest BCUT2D eigenvalue weighted by Gasteiger charge is -2.10. The third-order valence-electron chi connectivity index (χ3n) is 3.15. The second-order valence-electron chi connectivity index (χ2n) is 4.28. The molecule has 0 radical (unpaired) electrons. The molecule has 1 aliphatic carbocycles. The summed E-state index contributed by atoms with van der Waals surface area (Å²) in [7, 11) is 0. The second-order valence-corrected chi connectivity index (χ2v) is 5.20. The minimum absolute atomic E-state index is 0.285. The fraction of sp³-hybridized carbons (Fsp3) is 0.500. The average molecular weight is 255 g/mol. The van der Waals surface area contributed by atoms with Crippen LogP contribution in [0.1, 0.15) is 24.8 Å². The van der Waals surface area contributed by atoms with Crippen molar-refractivity contribution in [1.29, 1.82) is 0 Å². The van der Waals surface area contributed by atoms with Gasteiger partial charge in [-0.05, 0) is 48.8 Å². The first kappa shape index (κ1) is 10.2. The first-order valence-electron chi connectivity index (χ1n) is 5.09. The first-order valence-corrected chi connectivity index (χ1v) is 5.89. The first-order chi connectivity index (χ1) is 6.74. The van der Waals surface area contributed by atoms with Crippen LogP contribution < -0.4 is 0 Å². The van der Waals surface area contributed by atoms with Crippen LogP contribution in [0.2, 0.25) is 0 Å². The SMILES string of the molecule is OCC1(CCc2ccc(Br)cc2)CC1. The molecule has 1 N–H and O–H groups in total. The summed E-state index contributed by atoms with van der Waals surface area (Å²) in [5, 5.41) is 9.17. The van der Waals surface area contributed by atoms with E-state index in [1.54, 1.807) is 0 Å². The Bertz CT molecular complexity index is 301. The van der Waals surface area contributed by atoms with E-state index in [4.69, 9.17) is 0 Å². The molecule has 0 heterocycles. The van der Waals surface area contributed by atoms with Crippen LogP contribution in [0, 0.1) is 5.41 Å². The topological polar surface area (TPSA) is 20.2 Å². The molecule has 0 unspecified atom stereocenters. The smallest absolute Gasteiger partial charge is 0.0487 e. The predicted molar refractivity (Wildman–Crippen MR) is 61.2 cm³/mol. The molecule has 1 fully saturated rings. The fourth-order valence-corrected chi connectivity index (χ4v) is 1.99. The quantitative estimate of drug-likeness (QED) is 0.876. The van der Waals surface area contributed by atoms with Crippen molar-refractivity contribution in [3.8, 4) is 0 Å². The van der Waals surface area contributed by atoms with Gasteiger partial charge in [0.2, 0.25) is 0 Å². The minimum Gasteiger partial charge on any atom is -0.396 e. The van der Waals surface area contributed by atoms with Gasteiger partial charge in [-0.2, -0.15) is 0 Å². The third-order valence-corrected chi connectivity index (χ3v) is 3.68. The number of halogens is 1. The number of hydrogen-bond acceptors (Lipinski definition) is 1. The highest BCUT2D eigenvalue weighted by Crippen LogP contribution is 2.48. The predicted octanol–water partition coefficient (Wildman–Crippen LogP) is 3.15. The van der Waals surface area contributed by atoms with E-state index in [0.717, 1.165) is 17.3 Å². The average Bonchev–Trinajstić information content (AvgIpc) is 2.98. The number of benzene rings is 1. The molecule has 0 aromatic heterocycles. The van der Waals surface area contributed by atoms with Gasteiger partial charge in [0.05, 0.1) is 0 Å². The van der Waals surface area contributed by atoms with Gasteiger partial charge >= 0.3 is 0 Å².